The normalized spacial score (nSPS) is 11.0. The number of nitriles is 2. The average molecular weight is 661 g/mol. The first-order valence-corrected chi connectivity index (χ1v) is 16.6. The van der Waals surface area contributed by atoms with Crippen molar-refractivity contribution >= 4 is 55.0 Å². The molecule has 0 radical (unpaired) electrons. The van der Waals surface area contributed by atoms with Crippen LogP contribution in [0.2, 0.25) is 0 Å². The third-order valence-corrected chi connectivity index (χ3v) is 9.84. The SMILES string of the molecule is [C-]#[N+]c1cccc(C#N)c1-c1ccc2c(c1)c1c(-c3c(C#N)cccc3[N+]#[C-])cccc1n2-c1cccc(-n2c3ccccc3c3ccccc32)c1. The van der Waals surface area contributed by atoms with Gasteiger partial charge in [-0.05, 0) is 71.8 Å². The van der Waals surface area contributed by atoms with Crippen LogP contribution in [0.25, 0.3) is 86.9 Å². The Bertz CT molecular complexity index is 3010. The Morgan fingerprint density at radius 1 is 0.462 bits per heavy atom. The van der Waals surface area contributed by atoms with E-state index in [-0.39, 0.29) is 0 Å². The second-order valence-electron chi connectivity index (χ2n) is 12.5. The van der Waals surface area contributed by atoms with E-state index in [1.165, 1.54) is 10.8 Å². The monoisotopic (exact) mass is 660 g/mol. The van der Waals surface area contributed by atoms with Crippen molar-refractivity contribution in [1.82, 2.24) is 9.13 Å². The molecule has 0 saturated heterocycles. The Kier molecular flexibility index (Phi) is 6.91. The molecule has 9 aromatic rings. The molecule has 2 aromatic heterocycles. The third kappa shape index (κ3) is 4.40. The summed E-state index contributed by atoms with van der Waals surface area (Å²) in [6.07, 6.45) is 0. The van der Waals surface area contributed by atoms with Gasteiger partial charge in [0.1, 0.15) is 0 Å². The highest BCUT2D eigenvalue weighted by Gasteiger charge is 2.22. The molecule has 9 rings (SSSR count). The maximum Gasteiger partial charge on any atom is 0.196 e. The molecule has 0 spiro atoms. The molecule has 6 nitrogen and oxygen atoms in total. The molecule has 0 aliphatic rings. The number of hydrogen-bond donors (Lipinski definition) is 0. The molecular formula is C46H24N6. The molecule has 0 amide bonds. The first kappa shape index (κ1) is 30.2. The van der Waals surface area contributed by atoms with Crippen LogP contribution in [0.1, 0.15) is 11.1 Å². The van der Waals surface area contributed by atoms with Crippen molar-refractivity contribution in [2.75, 3.05) is 0 Å². The van der Waals surface area contributed by atoms with Crippen LogP contribution in [0, 0.1) is 35.8 Å². The van der Waals surface area contributed by atoms with Gasteiger partial charge in [-0.1, -0.05) is 84.9 Å². The van der Waals surface area contributed by atoms with Crippen LogP contribution in [0.15, 0.2) is 146 Å². The van der Waals surface area contributed by atoms with Crippen molar-refractivity contribution in [2.45, 2.75) is 0 Å². The molecule has 2 heterocycles. The van der Waals surface area contributed by atoms with E-state index in [2.05, 4.69) is 110 Å². The minimum absolute atomic E-state index is 0.391. The molecule has 0 unspecified atom stereocenters. The maximum atomic E-state index is 10.2. The topological polar surface area (TPSA) is 66.2 Å². The lowest BCUT2D eigenvalue weighted by molar-refractivity contribution is 1.13. The molecule has 6 heteroatoms. The molecule has 238 valence electrons. The van der Waals surface area contributed by atoms with Crippen LogP contribution < -0.4 is 0 Å². The summed E-state index contributed by atoms with van der Waals surface area (Å²) in [7, 11) is 0. The summed E-state index contributed by atoms with van der Waals surface area (Å²) in [5, 5.41) is 24.4. The molecule has 0 saturated carbocycles. The predicted octanol–water partition coefficient (Wildman–Crippen LogP) is 12.1. The van der Waals surface area contributed by atoms with Gasteiger partial charge in [0.05, 0.1) is 47.3 Å². The Morgan fingerprint density at radius 2 is 0.981 bits per heavy atom. The first-order valence-electron chi connectivity index (χ1n) is 16.6. The van der Waals surface area contributed by atoms with Gasteiger partial charge in [-0.15, -0.1) is 0 Å². The highest BCUT2D eigenvalue weighted by molar-refractivity contribution is 6.18. The lowest BCUT2D eigenvalue weighted by Gasteiger charge is -2.13. The van der Waals surface area contributed by atoms with E-state index in [4.69, 9.17) is 13.1 Å². The number of nitrogens with zero attached hydrogens (tertiary/aromatic N) is 6. The van der Waals surface area contributed by atoms with E-state index >= 15 is 0 Å². The molecule has 7 aromatic carbocycles. The highest BCUT2D eigenvalue weighted by atomic mass is 15.0. The van der Waals surface area contributed by atoms with E-state index in [0.717, 1.165) is 55.3 Å². The summed E-state index contributed by atoms with van der Waals surface area (Å²) >= 11 is 0. The minimum atomic E-state index is 0.391. The number of fused-ring (bicyclic) bond motifs is 6. The first-order chi connectivity index (χ1) is 25.6. The fourth-order valence-electron chi connectivity index (χ4n) is 7.72. The van der Waals surface area contributed by atoms with Crippen molar-refractivity contribution in [2.24, 2.45) is 0 Å². The quantitative estimate of drug-likeness (QED) is 0.176. The van der Waals surface area contributed by atoms with Crippen LogP contribution in [-0.2, 0) is 0 Å². The molecule has 52 heavy (non-hydrogen) atoms. The Labute approximate surface area is 299 Å². The molecule has 0 N–H and O–H groups in total. The number of benzene rings is 7. The van der Waals surface area contributed by atoms with Gasteiger partial charge in [0, 0.05) is 55.2 Å². The minimum Gasteiger partial charge on any atom is -0.309 e. The van der Waals surface area contributed by atoms with Gasteiger partial charge in [0.2, 0.25) is 0 Å². The molecular weight excluding hydrogens is 637 g/mol. The lowest BCUT2D eigenvalue weighted by Crippen LogP contribution is -1.98. The molecule has 0 bridgehead atoms. The standard InChI is InChI=1S/C46H24N6/c1-49-38-18-7-11-30(27-47)44(38)29-23-24-42-37(25-29)46-36(45-31(28-48)12-8-19-39(45)50-2)17-10-22-43(46)52(42)33-14-9-13-32(26-33)51-40-20-5-3-15-34(40)35-16-4-6-21-41(35)51/h3-26H. The fourth-order valence-corrected chi connectivity index (χ4v) is 7.72. The van der Waals surface area contributed by atoms with Gasteiger partial charge in [0.15, 0.2) is 11.4 Å². The summed E-state index contributed by atoms with van der Waals surface area (Å²) in [4.78, 5) is 7.59. The summed E-state index contributed by atoms with van der Waals surface area (Å²) in [6, 6.07) is 52.4. The van der Waals surface area contributed by atoms with Crippen molar-refractivity contribution in [3.05, 3.63) is 180 Å². The van der Waals surface area contributed by atoms with Gasteiger partial charge in [-0.2, -0.15) is 10.5 Å². The van der Waals surface area contributed by atoms with Crippen LogP contribution in [0.3, 0.4) is 0 Å². The van der Waals surface area contributed by atoms with Crippen LogP contribution in [0.4, 0.5) is 11.4 Å². The zero-order valence-corrected chi connectivity index (χ0v) is 27.5. The van der Waals surface area contributed by atoms with Crippen molar-refractivity contribution < 1.29 is 0 Å². The molecule has 0 aliphatic heterocycles. The third-order valence-electron chi connectivity index (χ3n) is 9.84. The fraction of sp³-hybridized carbons (Fsp3) is 0. The number of rotatable bonds is 4. The molecule has 0 fully saturated rings. The van der Waals surface area contributed by atoms with E-state index in [1.807, 2.05) is 30.3 Å². The lowest BCUT2D eigenvalue weighted by atomic mass is 9.92. The molecule has 0 aliphatic carbocycles. The van der Waals surface area contributed by atoms with Crippen LogP contribution >= 0.6 is 0 Å². The summed E-state index contributed by atoms with van der Waals surface area (Å²) in [5.41, 5.74) is 10.2. The summed E-state index contributed by atoms with van der Waals surface area (Å²) in [5.74, 6) is 0. The summed E-state index contributed by atoms with van der Waals surface area (Å²) in [6.45, 7) is 15.9. The van der Waals surface area contributed by atoms with Crippen LogP contribution in [-0.4, -0.2) is 9.13 Å². The van der Waals surface area contributed by atoms with Gasteiger partial charge in [-0.3, -0.25) is 0 Å². The van der Waals surface area contributed by atoms with E-state index in [1.54, 1.807) is 36.4 Å². The number of aromatic nitrogens is 2. The maximum absolute atomic E-state index is 10.2. The highest BCUT2D eigenvalue weighted by Crippen LogP contribution is 2.45. The average Bonchev–Trinajstić information content (AvgIpc) is 3.73. The zero-order chi connectivity index (χ0) is 35.3. The van der Waals surface area contributed by atoms with Gasteiger partial charge >= 0.3 is 0 Å². The number of para-hydroxylation sites is 2. The Hall–Kier alpha value is -7.90. The number of hydrogen-bond acceptors (Lipinski definition) is 2. The van der Waals surface area contributed by atoms with Crippen LogP contribution in [0.5, 0.6) is 0 Å². The Balaban J connectivity index is 1.39. The van der Waals surface area contributed by atoms with Crippen molar-refractivity contribution in [3.8, 4) is 45.8 Å². The van der Waals surface area contributed by atoms with Crippen molar-refractivity contribution in [3.63, 3.8) is 0 Å². The summed E-state index contributed by atoms with van der Waals surface area (Å²) < 4.78 is 4.51. The predicted molar refractivity (Wildman–Crippen MR) is 208 cm³/mol. The van der Waals surface area contributed by atoms with Gasteiger partial charge < -0.3 is 9.13 Å². The zero-order valence-electron chi connectivity index (χ0n) is 27.5. The van der Waals surface area contributed by atoms with Gasteiger partial charge in [-0.25, -0.2) is 9.69 Å². The second-order valence-corrected chi connectivity index (χ2v) is 12.5. The van der Waals surface area contributed by atoms with Crippen molar-refractivity contribution in [1.29, 1.82) is 10.5 Å². The smallest absolute Gasteiger partial charge is 0.196 e. The largest absolute Gasteiger partial charge is 0.309 e. The molecule has 0 atom stereocenters. The van der Waals surface area contributed by atoms with Gasteiger partial charge in [0.25, 0.3) is 0 Å². The Morgan fingerprint density at radius 3 is 1.62 bits per heavy atom. The van der Waals surface area contributed by atoms with E-state index < -0.39 is 0 Å². The van der Waals surface area contributed by atoms with E-state index in [9.17, 15) is 10.5 Å². The second kappa shape index (κ2) is 11.9. The van der Waals surface area contributed by atoms with E-state index in [0.29, 0.717) is 33.6 Å².